The first kappa shape index (κ1) is 18.2. The molecule has 0 aromatic carbocycles. The molecule has 27 heavy (non-hydrogen) atoms. The van der Waals surface area contributed by atoms with Crippen molar-refractivity contribution in [1.82, 2.24) is 25.5 Å². The van der Waals surface area contributed by atoms with Gasteiger partial charge in [-0.25, -0.2) is 9.97 Å². The summed E-state index contributed by atoms with van der Waals surface area (Å²) in [5.74, 6) is -0.103. The van der Waals surface area contributed by atoms with Crippen molar-refractivity contribution < 1.29 is 4.79 Å². The summed E-state index contributed by atoms with van der Waals surface area (Å²) in [4.78, 5) is 23.4. The van der Waals surface area contributed by atoms with Gasteiger partial charge in [-0.1, -0.05) is 11.8 Å². The highest BCUT2D eigenvalue weighted by atomic mass is 32.2. The SMILES string of the molecule is Cc1ccc(-c2cc(C(=O)NC3CCC(Sc4ncccn4)CC3)n[nH]2)s1. The lowest BCUT2D eigenvalue weighted by molar-refractivity contribution is 0.0923. The molecule has 8 heteroatoms. The van der Waals surface area contributed by atoms with Crippen molar-refractivity contribution >= 4 is 29.0 Å². The number of aryl methyl sites for hydroxylation is 1. The Hall–Kier alpha value is -2.19. The Labute approximate surface area is 166 Å². The Balaban J connectivity index is 1.29. The Kier molecular flexibility index (Phi) is 5.54. The van der Waals surface area contributed by atoms with E-state index in [1.807, 2.05) is 18.2 Å². The molecule has 3 heterocycles. The van der Waals surface area contributed by atoms with Crippen LogP contribution >= 0.6 is 23.1 Å². The van der Waals surface area contributed by atoms with E-state index in [1.165, 1.54) is 4.88 Å². The lowest BCUT2D eigenvalue weighted by Gasteiger charge is -2.28. The first-order valence-electron chi connectivity index (χ1n) is 9.04. The van der Waals surface area contributed by atoms with E-state index in [-0.39, 0.29) is 11.9 Å². The van der Waals surface area contributed by atoms with Crippen molar-refractivity contribution in [1.29, 1.82) is 0 Å². The van der Waals surface area contributed by atoms with E-state index in [4.69, 9.17) is 0 Å². The van der Waals surface area contributed by atoms with Crippen LogP contribution < -0.4 is 5.32 Å². The summed E-state index contributed by atoms with van der Waals surface area (Å²) in [6.07, 6.45) is 7.59. The summed E-state index contributed by atoms with van der Waals surface area (Å²) in [6, 6.07) is 7.98. The molecule has 0 aliphatic heterocycles. The predicted octanol–water partition coefficient (Wildman–Crippen LogP) is 4.07. The summed E-state index contributed by atoms with van der Waals surface area (Å²) in [6.45, 7) is 2.07. The minimum atomic E-state index is -0.103. The number of nitrogens with zero attached hydrogens (tertiary/aromatic N) is 3. The minimum absolute atomic E-state index is 0.103. The van der Waals surface area contributed by atoms with Crippen LogP contribution in [0.5, 0.6) is 0 Å². The summed E-state index contributed by atoms with van der Waals surface area (Å²) in [5.41, 5.74) is 1.34. The molecule has 2 N–H and O–H groups in total. The minimum Gasteiger partial charge on any atom is -0.348 e. The van der Waals surface area contributed by atoms with E-state index in [1.54, 1.807) is 35.5 Å². The Bertz CT molecular complexity index is 900. The van der Waals surface area contributed by atoms with E-state index in [0.29, 0.717) is 10.9 Å². The zero-order valence-electron chi connectivity index (χ0n) is 15.0. The van der Waals surface area contributed by atoms with Gasteiger partial charge in [-0.15, -0.1) is 11.3 Å². The Morgan fingerprint density at radius 2 is 2.00 bits per heavy atom. The van der Waals surface area contributed by atoms with Crippen LogP contribution in [0.2, 0.25) is 0 Å². The molecule has 0 bridgehead atoms. The fraction of sp³-hybridized carbons (Fsp3) is 0.368. The number of nitrogens with one attached hydrogen (secondary N) is 2. The van der Waals surface area contributed by atoms with Gasteiger partial charge in [0.15, 0.2) is 10.9 Å². The van der Waals surface area contributed by atoms with Crippen molar-refractivity contribution in [2.24, 2.45) is 0 Å². The van der Waals surface area contributed by atoms with E-state index < -0.39 is 0 Å². The summed E-state index contributed by atoms with van der Waals surface area (Å²) >= 11 is 3.42. The molecule has 0 saturated heterocycles. The quantitative estimate of drug-likeness (QED) is 0.632. The second-order valence-corrected chi connectivity index (χ2v) is 9.23. The molecule has 0 unspecified atom stereocenters. The average molecular weight is 400 g/mol. The third kappa shape index (κ3) is 4.56. The highest BCUT2D eigenvalue weighted by molar-refractivity contribution is 7.99. The molecule has 1 fully saturated rings. The number of thioether (sulfide) groups is 1. The average Bonchev–Trinajstić information content (AvgIpc) is 3.33. The maximum Gasteiger partial charge on any atom is 0.272 e. The molecule has 1 aliphatic rings. The van der Waals surface area contributed by atoms with Crippen molar-refractivity contribution in [2.75, 3.05) is 0 Å². The number of hydrogen-bond acceptors (Lipinski definition) is 6. The summed E-state index contributed by atoms with van der Waals surface area (Å²) < 4.78 is 0. The number of thiophene rings is 1. The third-order valence-electron chi connectivity index (χ3n) is 4.64. The molecule has 1 amide bonds. The first-order valence-corrected chi connectivity index (χ1v) is 10.7. The van der Waals surface area contributed by atoms with Gasteiger partial charge in [0.1, 0.15) is 0 Å². The van der Waals surface area contributed by atoms with Gasteiger partial charge in [0.05, 0.1) is 10.6 Å². The third-order valence-corrected chi connectivity index (χ3v) is 6.90. The number of aromatic nitrogens is 4. The molecule has 3 aromatic heterocycles. The van der Waals surface area contributed by atoms with Crippen molar-refractivity contribution in [2.45, 2.75) is 49.1 Å². The van der Waals surface area contributed by atoms with Crippen molar-refractivity contribution in [3.8, 4) is 10.6 Å². The Morgan fingerprint density at radius 1 is 1.22 bits per heavy atom. The molecule has 140 valence electrons. The molecule has 1 saturated carbocycles. The maximum absolute atomic E-state index is 12.5. The van der Waals surface area contributed by atoms with Gasteiger partial charge in [-0.2, -0.15) is 5.10 Å². The van der Waals surface area contributed by atoms with E-state index in [0.717, 1.165) is 41.4 Å². The zero-order valence-corrected chi connectivity index (χ0v) is 16.6. The number of amides is 1. The molecule has 0 radical (unpaired) electrons. The fourth-order valence-corrected chi connectivity index (χ4v) is 5.11. The smallest absolute Gasteiger partial charge is 0.272 e. The largest absolute Gasteiger partial charge is 0.348 e. The van der Waals surface area contributed by atoms with Crippen LogP contribution in [0.4, 0.5) is 0 Å². The van der Waals surface area contributed by atoms with Crippen LogP contribution in [0.1, 0.15) is 41.0 Å². The standard InChI is InChI=1S/C19H21N5OS2/c1-12-3-8-17(26-12)15-11-16(24-23-15)18(25)22-13-4-6-14(7-5-13)27-19-20-9-2-10-21-19/h2-3,8-11,13-14H,4-7H2,1H3,(H,22,25)(H,23,24). The van der Waals surface area contributed by atoms with Gasteiger partial charge >= 0.3 is 0 Å². The van der Waals surface area contributed by atoms with Crippen LogP contribution in [0, 0.1) is 6.92 Å². The van der Waals surface area contributed by atoms with E-state index in [2.05, 4.69) is 38.5 Å². The topological polar surface area (TPSA) is 83.6 Å². The highest BCUT2D eigenvalue weighted by Gasteiger charge is 2.25. The van der Waals surface area contributed by atoms with Crippen LogP contribution in [-0.4, -0.2) is 37.4 Å². The lowest BCUT2D eigenvalue weighted by atomic mass is 9.95. The van der Waals surface area contributed by atoms with E-state index in [9.17, 15) is 4.79 Å². The van der Waals surface area contributed by atoms with Gasteiger partial charge in [-0.05, 0) is 56.9 Å². The first-order chi connectivity index (χ1) is 13.2. The number of carbonyl (C=O) groups excluding carboxylic acids is 1. The molecular weight excluding hydrogens is 378 g/mol. The second kappa shape index (κ2) is 8.22. The van der Waals surface area contributed by atoms with Crippen molar-refractivity contribution in [3.63, 3.8) is 0 Å². The van der Waals surface area contributed by atoms with Crippen LogP contribution in [0.25, 0.3) is 10.6 Å². The van der Waals surface area contributed by atoms with Gasteiger partial charge in [0, 0.05) is 28.6 Å². The highest BCUT2D eigenvalue weighted by Crippen LogP contribution is 2.32. The number of rotatable bonds is 5. The van der Waals surface area contributed by atoms with Gasteiger partial charge < -0.3 is 5.32 Å². The normalized spacial score (nSPS) is 19.7. The number of aromatic amines is 1. The monoisotopic (exact) mass is 399 g/mol. The summed E-state index contributed by atoms with van der Waals surface area (Å²) in [5, 5.41) is 11.6. The summed E-state index contributed by atoms with van der Waals surface area (Å²) in [7, 11) is 0. The van der Waals surface area contributed by atoms with Gasteiger partial charge in [0.25, 0.3) is 5.91 Å². The van der Waals surface area contributed by atoms with Crippen molar-refractivity contribution in [3.05, 3.63) is 47.2 Å². The predicted molar refractivity (Wildman–Crippen MR) is 108 cm³/mol. The molecule has 1 aliphatic carbocycles. The number of hydrogen-bond donors (Lipinski definition) is 2. The molecular formula is C19H21N5OS2. The molecule has 3 aromatic rings. The zero-order chi connectivity index (χ0) is 18.6. The molecule has 0 atom stereocenters. The fourth-order valence-electron chi connectivity index (χ4n) is 3.22. The Morgan fingerprint density at radius 3 is 2.70 bits per heavy atom. The number of H-pyrrole nitrogens is 1. The lowest BCUT2D eigenvalue weighted by Crippen LogP contribution is -2.38. The van der Waals surface area contributed by atoms with Gasteiger partial charge in [0.2, 0.25) is 0 Å². The molecule has 0 spiro atoms. The van der Waals surface area contributed by atoms with Crippen LogP contribution in [0.3, 0.4) is 0 Å². The van der Waals surface area contributed by atoms with Gasteiger partial charge in [-0.3, -0.25) is 9.89 Å². The second-order valence-electron chi connectivity index (χ2n) is 6.67. The molecule has 6 nitrogen and oxygen atoms in total. The number of carbonyl (C=O) groups is 1. The van der Waals surface area contributed by atoms with E-state index >= 15 is 0 Å². The molecule has 4 rings (SSSR count). The van der Waals surface area contributed by atoms with Crippen LogP contribution in [0.15, 0.2) is 41.8 Å². The van der Waals surface area contributed by atoms with Crippen LogP contribution in [-0.2, 0) is 0 Å². The maximum atomic E-state index is 12.5.